The lowest BCUT2D eigenvalue weighted by atomic mass is 9.77. The van der Waals surface area contributed by atoms with E-state index in [0.29, 0.717) is 5.92 Å². The molecule has 0 aromatic heterocycles. The molecular weight excluding hydrogens is 268 g/mol. The maximum atomic E-state index is 4.92. The van der Waals surface area contributed by atoms with Crippen molar-refractivity contribution in [3.8, 4) is 0 Å². The Labute approximate surface area is 132 Å². The van der Waals surface area contributed by atoms with Gasteiger partial charge in [-0.3, -0.25) is 4.99 Å². The summed E-state index contributed by atoms with van der Waals surface area (Å²) in [5.41, 5.74) is 7.30. The molecule has 1 aromatic carbocycles. The van der Waals surface area contributed by atoms with Gasteiger partial charge in [-0.25, -0.2) is 0 Å². The molecule has 3 aliphatic rings. The van der Waals surface area contributed by atoms with Crippen molar-refractivity contribution in [1.29, 1.82) is 0 Å². The molecule has 0 radical (unpaired) electrons. The van der Waals surface area contributed by atoms with Gasteiger partial charge in [0.05, 0.1) is 6.54 Å². The number of nitrogens with one attached hydrogen (secondary N) is 1. The van der Waals surface area contributed by atoms with Crippen molar-refractivity contribution >= 4 is 5.71 Å². The minimum Gasteiger partial charge on any atom is -0.316 e. The Bertz CT molecular complexity index is 683. The number of piperidine rings is 1. The minimum absolute atomic E-state index is 0.360. The first-order valence-electron chi connectivity index (χ1n) is 8.30. The molecule has 1 unspecified atom stereocenters. The highest BCUT2D eigenvalue weighted by atomic mass is 14.9. The van der Waals surface area contributed by atoms with Crippen molar-refractivity contribution in [2.45, 2.75) is 31.7 Å². The number of aliphatic imine (C=N–C) groups is 1. The molecule has 2 aliphatic heterocycles. The molecule has 2 heterocycles. The molecule has 1 atom stereocenters. The van der Waals surface area contributed by atoms with E-state index in [1.54, 1.807) is 5.57 Å². The van der Waals surface area contributed by atoms with Crippen molar-refractivity contribution in [3.63, 3.8) is 0 Å². The molecule has 0 spiro atoms. The Balaban J connectivity index is 1.87. The van der Waals surface area contributed by atoms with Gasteiger partial charge in [0, 0.05) is 18.1 Å². The molecule has 1 aliphatic carbocycles. The maximum absolute atomic E-state index is 4.92. The second-order valence-electron chi connectivity index (χ2n) is 6.24. The lowest BCUT2D eigenvalue weighted by Crippen LogP contribution is -2.27. The highest BCUT2D eigenvalue weighted by Gasteiger charge is 2.28. The maximum Gasteiger partial charge on any atom is 0.0642 e. The fraction of sp³-hybridized carbons (Fsp3) is 0.350. The van der Waals surface area contributed by atoms with Gasteiger partial charge in [0.25, 0.3) is 0 Å². The highest BCUT2D eigenvalue weighted by Crippen LogP contribution is 2.38. The van der Waals surface area contributed by atoms with E-state index in [1.807, 2.05) is 0 Å². The fourth-order valence-electron chi connectivity index (χ4n) is 3.81. The van der Waals surface area contributed by atoms with E-state index in [0.717, 1.165) is 38.9 Å². The third-order valence-corrected chi connectivity index (χ3v) is 4.93. The summed E-state index contributed by atoms with van der Waals surface area (Å²) >= 11 is 0. The molecule has 4 rings (SSSR count). The van der Waals surface area contributed by atoms with E-state index in [2.05, 4.69) is 53.9 Å². The molecule has 1 N–H and O–H groups in total. The van der Waals surface area contributed by atoms with Crippen LogP contribution in [0.3, 0.4) is 0 Å². The molecule has 0 saturated carbocycles. The number of benzene rings is 1. The molecule has 1 saturated heterocycles. The average molecular weight is 290 g/mol. The van der Waals surface area contributed by atoms with Crippen LogP contribution in [0, 0.1) is 0 Å². The van der Waals surface area contributed by atoms with Crippen LogP contribution in [-0.2, 0) is 6.54 Å². The van der Waals surface area contributed by atoms with Crippen LogP contribution >= 0.6 is 0 Å². The van der Waals surface area contributed by atoms with Crippen LogP contribution in [0.5, 0.6) is 0 Å². The smallest absolute Gasteiger partial charge is 0.0642 e. The van der Waals surface area contributed by atoms with Crippen molar-refractivity contribution in [1.82, 2.24) is 5.32 Å². The predicted molar refractivity (Wildman–Crippen MR) is 92.3 cm³/mol. The van der Waals surface area contributed by atoms with E-state index in [1.165, 1.54) is 22.4 Å². The quantitative estimate of drug-likeness (QED) is 0.769. The molecular formula is C20H22N2. The zero-order valence-electron chi connectivity index (χ0n) is 12.9. The summed E-state index contributed by atoms with van der Waals surface area (Å²) in [5, 5.41) is 3.47. The summed E-state index contributed by atoms with van der Waals surface area (Å²) in [6.45, 7) is 3.04. The molecule has 2 nitrogen and oxygen atoms in total. The van der Waals surface area contributed by atoms with E-state index in [9.17, 15) is 0 Å². The number of fused-ring (bicyclic) bond motifs is 3. The Hall–Kier alpha value is -1.93. The van der Waals surface area contributed by atoms with Gasteiger partial charge in [0.2, 0.25) is 0 Å². The number of hydrogen-bond acceptors (Lipinski definition) is 2. The Morgan fingerprint density at radius 1 is 1.05 bits per heavy atom. The number of rotatable bonds is 0. The van der Waals surface area contributed by atoms with Crippen molar-refractivity contribution in [3.05, 3.63) is 70.8 Å². The monoisotopic (exact) mass is 290 g/mol. The average Bonchev–Trinajstić information content (AvgIpc) is 2.56. The normalized spacial score (nSPS) is 24.2. The molecule has 112 valence electrons. The lowest BCUT2D eigenvalue weighted by molar-refractivity contribution is 0.603. The summed E-state index contributed by atoms with van der Waals surface area (Å²) in [6, 6.07) is 8.84. The summed E-state index contributed by atoms with van der Waals surface area (Å²) in [5.74, 6) is 0.360. The summed E-state index contributed by atoms with van der Waals surface area (Å²) in [7, 11) is 0. The highest BCUT2D eigenvalue weighted by molar-refractivity contribution is 5.97. The standard InChI is InChI=1S/C20H22N2/c1-2-7-17(15-10-12-21-13-11-15)20-18-8-5-4-6-16(18)14-22-19(20)9-3-1/h1-8,20-21H,9-14H2. The van der Waals surface area contributed by atoms with Gasteiger partial charge < -0.3 is 5.32 Å². The molecule has 1 aromatic rings. The number of allylic oxidation sites excluding steroid dienone is 5. The number of nitrogens with zero attached hydrogens (tertiary/aromatic N) is 1. The van der Waals surface area contributed by atoms with Crippen LogP contribution in [0.15, 0.2) is 64.7 Å². The van der Waals surface area contributed by atoms with E-state index in [-0.39, 0.29) is 0 Å². The first-order chi connectivity index (χ1) is 10.9. The summed E-state index contributed by atoms with van der Waals surface area (Å²) in [6.07, 6.45) is 12.2. The van der Waals surface area contributed by atoms with Crippen LogP contribution in [0.4, 0.5) is 0 Å². The van der Waals surface area contributed by atoms with Gasteiger partial charge in [0.15, 0.2) is 0 Å². The minimum atomic E-state index is 0.360. The van der Waals surface area contributed by atoms with E-state index < -0.39 is 0 Å². The van der Waals surface area contributed by atoms with Crippen LogP contribution in [0.1, 0.15) is 36.3 Å². The van der Waals surface area contributed by atoms with Crippen molar-refractivity contribution in [2.75, 3.05) is 13.1 Å². The fourth-order valence-corrected chi connectivity index (χ4v) is 3.81. The van der Waals surface area contributed by atoms with Crippen LogP contribution in [-0.4, -0.2) is 18.8 Å². The lowest BCUT2D eigenvalue weighted by Gasteiger charge is -2.31. The second-order valence-corrected chi connectivity index (χ2v) is 6.24. The SMILES string of the molecule is C1=CCC2=NCc3ccccc3C2C(=C2CCNCC2)C=C1. The van der Waals surface area contributed by atoms with Gasteiger partial charge in [-0.2, -0.15) is 0 Å². The Morgan fingerprint density at radius 3 is 2.82 bits per heavy atom. The Kier molecular flexibility index (Phi) is 3.77. The van der Waals surface area contributed by atoms with Crippen molar-refractivity contribution in [2.24, 2.45) is 4.99 Å². The largest absolute Gasteiger partial charge is 0.316 e. The first kappa shape index (κ1) is 13.7. The van der Waals surface area contributed by atoms with Crippen LogP contribution in [0.2, 0.25) is 0 Å². The predicted octanol–water partition coefficient (Wildman–Crippen LogP) is 3.92. The third kappa shape index (κ3) is 2.48. The molecule has 0 amide bonds. The zero-order valence-corrected chi connectivity index (χ0v) is 12.9. The molecule has 1 fully saturated rings. The van der Waals surface area contributed by atoms with Gasteiger partial charge in [-0.15, -0.1) is 0 Å². The first-order valence-corrected chi connectivity index (χ1v) is 8.30. The van der Waals surface area contributed by atoms with Gasteiger partial charge in [-0.1, -0.05) is 54.1 Å². The second kappa shape index (κ2) is 6.05. The summed E-state index contributed by atoms with van der Waals surface area (Å²) < 4.78 is 0. The summed E-state index contributed by atoms with van der Waals surface area (Å²) in [4.78, 5) is 4.92. The van der Waals surface area contributed by atoms with Crippen LogP contribution in [0.25, 0.3) is 0 Å². The van der Waals surface area contributed by atoms with Gasteiger partial charge in [-0.05, 0) is 42.6 Å². The molecule has 22 heavy (non-hydrogen) atoms. The topological polar surface area (TPSA) is 24.4 Å². The molecule has 0 bridgehead atoms. The van der Waals surface area contributed by atoms with Gasteiger partial charge in [0.1, 0.15) is 0 Å². The van der Waals surface area contributed by atoms with E-state index >= 15 is 0 Å². The number of hydrogen-bond donors (Lipinski definition) is 1. The van der Waals surface area contributed by atoms with Crippen LogP contribution < -0.4 is 5.32 Å². The van der Waals surface area contributed by atoms with Crippen molar-refractivity contribution < 1.29 is 0 Å². The van der Waals surface area contributed by atoms with E-state index in [4.69, 9.17) is 4.99 Å². The molecule has 2 heteroatoms. The zero-order chi connectivity index (χ0) is 14.8. The Morgan fingerprint density at radius 2 is 1.91 bits per heavy atom. The third-order valence-electron chi connectivity index (χ3n) is 4.93. The van der Waals surface area contributed by atoms with Gasteiger partial charge >= 0.3 is 0 Å².